The molecule has 1 heterocycles. The maximum atomic E-state index is 13.0. The molecule has 0 unspecified atom stereocenters. The summed E-state index contributed by atoms with van der Waals surface area (Å²) in [5.41, 5.74) is 2.57. The molecule has 2 aromatic rings. The lowest BCUT2D eigenvalue weighted by molar-refractivity contribution is 0.0950. The van der Waals surface area contributed by atoms with Gasteiger partial charge in [0.15, 0.2) is 0 Å². The average Bonchev–Trinajstić information content (AvgIpc) is 2.79. The number of anilines is 3. The van der Waals surface area contributed by atoms with Gasteiger partial charge in [-0.1, -0.05) is 25.5 Å². The zero-order valence-electron chi connectivity index (χ0n) is 19.4. The fraction of sp³-hybridized carbons (Fsp3) is 0.542. The fourth-order valence-electron chi connectivity index (χ4n) is 3.72. The van der Waals surface area contributed by atoms with Gasteiger partial charge in [0.05, 0.1) is 6.10 Å². The van der Waals surface area contributed by atoms with Crippen LogP contribution in [0.3, 0.4) is 0 Å². The smallest absolute Gasteiger partial charge is 0.256 e. The van der Waals surface area contributed by atoms with Crippen LogP contribution in [0, 0.1) is 0 Å². The molecule has 32 heavy (non-hydrogen) atoms. The third-order valence-corrected chi connectivity index (χ3v) is 5.79. The van der Waals surface area contributed by atoms with Crippen molar-refractivity contribution in [1.82, 2.24) is 15.3 Å². The summed E-state index contributed by atoms with van der Waals surface area (Å²) in [6.07, 6.45) is 6.69. The number of hydrogen-bond acceptors (Lipinski definition) is 7. The van der Waals surface area contributed by atoms with Gasteiger partial charge in [0.25, 0.3) is 5.91 Å². The molecule has 4 N–H and O–H groups in total. The van der Waals surface area contributed by atoms with Gasteiger partial charge in [0.1, 0.15) is 11.4 Å². The Hall–Kier alpha value is -2.87. The van der Waals surface area contributed by atoms with Crippen LogP contribution >= 0.6 is 0 Å². The summed E-state index contributed by atoms with van der Waals surface area (Å²) in [6.45, 7) is 3.35. The van der Waals surface area contributed by atoms with E-state index < -0.39 is 0 Å². The predicted octanol–water partition coefficient (Wildman–Crippen LogP) is 3.40. The van der Waals surface area contributed by atoms with E-state index in [0.29, 0.717) is 23.9 Å². The van der Waals surface area contributed by atoms with E-state index in [1.165, 1.54) is 0 Å². The van der Waals surface area contributed by atoms with Crippen LogP contribution in [-0.2, 0) is 6.54 Å². The highest BCUT2D eigenvalue weighted by Gasteiger charge is 2.22. The van der Waals surface area contributed by atoms with E-state index in [-0.39, 0.29) is 18.1 Å². The number of carbonyl (C=O) groups excluding carboxylic acids is 1. The van der Waals surface area contributed by atoms with Crippen LogP contribution in [0.2, 0.25) is 0 Å². The zero-order valence-corrected chi connectivity index (χ0v) is 19.4. The van der Waals surface area contributed by atoms with Crippen LogP contribution in [0.4, 0.5) is 17.5 Å². The van der Waals surface area contributed by atoms with Crippen LogP contribution in [0.1, 0.15) is 61.4 Å². The van der Waals surface area contributed by atoms with Crippen molar-refractivity contribution in [3.8, 4) is 0 Å². The van der Waals surface area contributed by atoms with Gasteiger partial charge >= 0.3 is 0 Å². The number of aliphatic hydroxyl groups excluding tert-OH is 1. The summed E-state index contributed by atoms with van der Waals surface area (Å²) in [7, 11) is 4.00. The number of hydrogen-bond donors (Lipinski definition) is 4. The van der Waals surface area contributed by atoms with E-state index in [1.54, 1.807) is 6.20 Å². The minimum Gasteiger partial charge on any atom is -0.393 e. The molecule has 1 aromatic carbocycles. The molecule has 1 aliphatic carbocycles. The molecule has 0 spiro atoms. The van der Waals surface area contributed by atoms with Gasteiger partial charge in [0.2, 0.25) is 5.95 Å². The molecule has 0 radical (unpaired) electrons. The van der Waals surface area contributed by atoms with Crippen molar-refractivity contribution in [3.05, 3.63) is 41.6 Å². The number of nitrogens with one attached hydrogen (secondary N) is 3. The van der Waals surface area contributed by atoms with Crippen LogP contribution < -0.4 is 20.9 Å². The summed E-state index contributed by atoms with van der Waals surface area (Å²) in [5, 5.41) is 19.4. The van der Waals surface area contributed by atoms with Crippen LogP contribution in [0.25, 0.3) is 0 Å². The minimum atomic E-state index is -0.230. The van der Waals surface area contributed by atoms with E-state index in [4.69, 9.17) is 0 Å². The summed E-state index contributed by atoms with van der Waals surface area (Å²) in [5.74, 6) is 0.855. The number of benzene rings is 1. The first kappa shape index (κ1) is 23.8. The number of aliphatic hydroxyl groups is 1. The fourth-order valence-corrected chi connectivity index (χ4v) is 3.72. The minimum absolute atomic E-state index is 0.182. The van der Waals surface area contributed by atoms with Crippen molar-refractivity contribution in [2.75, 3.05) is 36.2 Å². The van der Waals surface area contributed by atoms with Crippen molar-refractivity contribution >= 4 is 23.4 Å². The van der Waals surface area contributed by atoms with E-state index in [0.717, 1.165) is 56.3 Å². The Labute approximate surface area is 190 Å². The first-order valence-electron chi connectivity index (χ1n) is 11.6. The van der Waals surface area contributed by atoms with Gasteiger partial charge < -0.3 is 26.0 Å². The molecule has 0 bridgehead atoms. The molecule has 8 heteroatoms. The number of carbonyl (C=O) groups is 1. The maximum absolute atomic E-state index is 13.0. The molecule has 174 valence electrons. The average molecular weight is 441 g/mol. The van der Waals surface area contributed by atoms with Crippen molar-refractivity contribution < 1.29 is 9.90 Å². The first-order chi connectivity index (χ1) is 15.5. The molecule has 1 aromatic heterocycles. The van der Waals surface area contributed by atoms with E-state index in [1.807, 2.05) is 43.3 Å². The Morgan fingerprint density at radius 1 is 1.16 bits per heavy atom. The van der Waals surface area contributed by atoms with Gasteiger partial charge in [-0.15, -0.1) is 0 Å². The number of aromatic nitrogens is 2. The van der Waals surface area contributed by atoms with Gasteiger partial charge in [0, 0.05) is 45.1 Å². The van der Waals surface area contributed by atoms with Crippen LogP contribution in [0.5, 0.6) is 0 Å². The molecule has 0 aliphatic heterocycles. The topological polar surface area (TPSA) is 102 Å². The highest BCUT2D eigenvalue weighted by atomic mass is 16.3. The van der Waals surface area contributed by atoms with E-state index in [9.17, 15) is 9.90 Å². The van der Waals surface area contributed by atoms with Crippen molar-refractivity contribution in [3.63, 3.8) is 0 Å². The van der Waals surface area contributed by atoms with Crippen molar-refractivity contribution in [2.24, 2.45) is 0 Å². The normalized spacial score (nSPS) is 18.1. The largest absolute Gasteiger partial charge is 0.393 e. The predicted molar refractivity (Wildman–Crippen MR) is 129 cm³/mol. The molecule has 1 aliphatic rings. The van der Waals surface area contributed by atoms with Crippen molar-refractivity contribution in [2.45, 2.75) is 64.1 Å². The van der Waals surface area contributed by atoms with Gasteiger partial charge in [-0.05, 0) is 49.8 Å². The molecular formula is C24H36N6O2. The Bertz CT molecular complexity index is 863. The molecule has 1 amide bonds. The SMILES string of the molecule is CCCCNc1ncc(C(=O)NCc2ccc(N(C)C)cc2)c(N[C@H]2CC[C@H](O)CC2)n1. The van der Waals surface area contributed by atoms with E-state index in [2.05, 4.69) is 32.8 Å². The summed E-state index contributed by atoms with van der Waals surface area (Å²) < 4.78 is 0. The number of nitrogens with zero attached hydrogens (tertiary/aromatic N) is 3. The maximum Gasteiger partial charge on any atom is 0.256 e. The summed E-state index contributed by atoms with van der Waals surface area (Å²) in [6, 6.07) is 8.28. The molecule has 0 atom stereocenters. The lowest BCUT2D eigenvalue weighted by atomic mass is 9.93. The number of rotatable bonds is 10. The Balaban J connectivity index is 1.69. The monoisotopic (exact) mass is 440 g/mol. The zero-order chi connectivity index (χ0) is 22.9. The Morgan fingerprint density at radius 3 is 2.53 bits per heavy atom. The second kappa shape index (κ2) is 11.7. The third kappa shape index (κ3) is 6.82. The standard InChI is InChI=1S/C24H36N6O2/c1-4-5-14-25-24-27-16-21(22(29-24)28-18-8-12-20(31)13-9-18)23(32)26-15-17-6-10-19(11-7-17)30(2)3/h6-7,10-11,16,18,20,31H,4-5,8-9,12-15H2,1-3H3,(H,26,32)(H2,25,27,28,29)/t18-,20-. The van der Waals surface area contributed by atoms with Crippen LogP contribution in [-0.4, -0.2) is 53.8 Å². The molecular weight excluding hydrogens is 404 g/mol. The molecule has 1 saturated carbocycles. The number of unbranched alkanes of at least 4 members (excludes halogenated alkanes) is 1. The first-order valence-corrected chi connectivity index (χ1v) is 11.6. The second-order valence-electron chi connectivity index (χ2n) is 8.63. The summed E-state index contributed by atoms with van der Waals surface area (Å²) in [4.78, 5) is 24.0. The van der Waals surface area contributed by atoms with Gasteiger partial charge in [-0.25, -0.2) is 4.98 Å². The molecule has 3 rings (SSSR count). The highest BCUT2D eigenvalue weighted by Crippen LogP contribution is 2.24. The molecule has 0 saturated heterocycles. The Kier molecular flexibility index (Phi) is 8.67. The third-order valence-electron chi connectivity index (χ3n) is 5.79. The van der Waals surface area contributed by atoms with Crippen molar-refractivity contribution in [1.29, 1.82) is 0 Å². The van der Waals surface area contributed by atoms with Crippen LogP contribution in [0.15, 0.2) is 30.5 Å². The summed E-state index contributed by atoms with van der Waals surface area (Å²) >= 11 is 0. The van der Waals surface area contributed by atoms with Gasteiger partial charge in [-0.3, -0.25) is 4.79 Å². The highest BCUT2D eigenvalue weighted by molar-refractivity contribution is 5.98. The second-order valence-corrected chi connectivity index (χ2v) is 8.63. The lowest BCUT2D eigenvalue weighted by Crippen LogP contribution is -2.31. The van der Waals surface area contributed by atoms with E-state index >= 15 is 0 Å². The van der Waals surface area contributed by atoms with Gasteiger partial charge in [-0.2, -0.15) is 4.98 Å². The number of amides is 1. The molecule has 8 nitrogen and oxygen atoms in total. The Morgan fingerprint density at radius 2 is 1.88 bits per heavy atom. The lowest BCUT2D eigenvalue weighted by Gasteiger charge is -2.27. The quantitative estimate of drug-likeness (QED) is 0.420. The molecule has 1 fully saturated rings.